The largest absolute Gasteiger partial charge is 0.497 e. The molecule has 0 saturated heterocycles. The molecule has 4 nitrogen and oxygen atoms in total. The number of methoxy groups -OCH3 is 1. The Kier molecular flexibility index (Phi) is 2.19. The van der Waals surface area contributed by atoms with Gasteiger partial charge in [0.1, 0.15) is 5.75 Å². The van der Waals surface area contributed by atoms with E-state index in [2.05, 4.69) is 4.98 Å². The third-order valence-electron chi connectivity index (χ3n) is 2.20. The fraction of sp³-hybridized carbons (Fsp3) is 0.111. The van der Waals surface area contributed by atoms with E-state index in [1.54, 1.807) is 19.4 Å². The van der Waals surface area contributed by atoms with Crippen LogP contribution >= 0.6 is 0 Å². The Balaban J connectivity index is 2.63. The van der Waals surface area contributed by atoms with E-state index in [-0.39, 0.29) is 0 Å². The van der Waals surface area contributed by atoms with Crippen LogP contribution < -0.4 is 10.2 Å². The third-order valence-corrected chi connectivity index (χ3v) is 2.20. The highest BCUT2D eigenvalue weighted by molar-refractivity contribution is 6.62. The topological polar surface area (TPSA) is 65.5 Å². The zero-order chi connectivity index (χ0) is 10.1. The maximum absolute atomic E-state index is 9.07. The SMILES string of the molecule is COc1ccc2[nH]cc(B(O)O)c2c1. The molecule has 1 aromatic carbocycles. The van der Waals surface area contributed by atoms with Gasteiger partial charge in [-0.05, 0) is 18.2 Å². The molecule has 3 N–H and O–H groups in total. The molecule has 0 saturated carbocycles. The second-order valence-electron chi connectivity index (χ2n) is 3.03. The van der Waals surface area contributed by atoms with Gasteiger partial charge in [0.05, 0.1) is 7.11 Å². The van der Waals surface area contributed by atoms with Crippen LogP contribution in [0.4, 0.5) is 0 Å². The Morgan fingerprint density at radius 1 is 1.36 bits per heavy atom. The second kappa shape index (κ2) is 3.36. The van der Waals surface area contributed by atoms with Crippen molar-refractivity contribution in [3.05, 3.63) is 24.4 Å². The first kappa shape index (κ1) is 9.11. The smallest absolute Gasteiger partial charge is 0.490 e. The summed E-state index contributed by atoms with van der Waals surface area (Å²) in [5, 5.41) is 18.9. The van der Waals surface area contributed by atoms with Crippen molar-refractivity contribution < 1.29 is 14.8 Å². The zero-order valence-electron chi connectivity index (χ0n) is 7.69. The Morgan fingerprint density at radius 3 is 2.79 bits per heavy atom. The number of aromatic amines is 1. The molecule has 0 bridgehead atoms. The number of rotatable bonds is 2. The average Bonchev–Trinajstić information content (AvgIpc) is 2.59. The summed E-state index contributed by atoms with van der Waals surface area (Å²) >= 11 is 0. The van der Waals surface area contributed by atoms with Crippen molar-refractivity contribution in [1.29, 1.82) is 0 Å². The zero-order valence-corrected chi connectivity index (χ0v) is 7.69. The normalized spacial score (nSPS) is 10.5. The first-order chi connectivity index (χ1) is 6.72. The minimum absolute atomic E-state index is 0.457. The van der Waals surface area contributed by atoms with Crippen LogP contribution in [0.5, 0.6) is 5.75 Å². The number of benzene rings is 1. The molecule has 0 fully saturated rings. The first-order valence-corrected chi connectivity index (χ1v) is 4.23. The van der Waals surface area contributed by atoms with Gasteiger partial charge in [-0.2, -0.15) is 0 Å². The van der Waals surface area contributed by atoms with E-state index in [0.717, 1.165) is 10.9 Å². The van der Waals surface area contributed by atoms with Crippen LogP contribution in [0.15, 0.2) is 24.4 Å². The van der Waals surface area contributed by atoms with Crippen molar-refractivity contribution in [2.24, 2.45) is 0 Å². The molecule has 0 amide bonds. The van der Waals surface area contributed by atoms with Gasteiger partial charge in [-0.25, -0.2) is 0 Å². The highest BCUT2D eigenvalue weighted by Crippen LogP contribution is 2.18. The van der Waals surface area contributed by atoms with Gasteiger partial charge < -0.3 is 19.8 Å². The van der Waals surface area contributed by atoms with Crippen molar-refractivity contribution in [2.45, 2.75) is 0 Å². The molecule has 0 radical (unpaired) electrons. The Morgan fingerprint density at radius 2 is 2.14 bits per heavy atom. The summed E-state index contributed by atoms with van der Waals surface area (Å²) in [5.41, 5.74) is 1.31. The number of ether oxygens (including phenoxy) is 1. The molecule has 0 aliphatic heterocycles. The average molecular weight is 191 g/mol. The van der Waals surface area contributed by atoms with Crippen molar-refractivity contribution >= 4 is 23.5 Å². The lowest BCUT2D eigenvalue weighted by Gasteiger charge is -2.00. The predicted octanol–water partition coefficient (Wildman–Crippen LogP) is -0.144. The summed E-state index contributed by atoms with van der Waals surface area (Å²) in [6, 6.07) is 5.41. The molecule has 1 heterocycles. The van der Waals surface area contributed by atoms with Gasteiger partial charge in [-0.1, -0.05) is 0 Å². The van der Waals surface area contributed by atoms with Crippen molar-refractivity contribution in [3.8, 4) is 5.75 Å². The molecule has 0 aliphatic rings. The minimum atomic E-state index is -1.46. The molecule has 0 atom stereocenters. The van der Waals surface area contributed by atoms with E-state index < -0.39 is 7.12 Å². The molecule has 14 heavy (non-hydrogen) atoms. The van der Waals surface area contributed by atoms with E-state index in [0.29, 0.717) is 11.2 Å². The van der Waals surface area contributed by atoms with E-state index in [1.165, 1.54) is 0 Å². The highest BCUT2D eigenvalue weighted by Gasteiger charge is 2.16. The van der Waals surface area contributed by atoms with Gasteiger partial charge >= 0.3 is 7.12 Å². The van der Waals surface area contributed by atoms with E-state index in [4.69, 9.17) is 14.8 Å². The number of H-pyrrole nitrogens is 1. The summed E-state index contributed by atoms with van der Waals surface area (Å²) < 4.78 is 5.05. The van der Waals surface area contributed by atoms with Crippen LogP contribution in [0.1, 0.15) is 0 Å². The lowest BCUT2D eigenvalue weighted by molar-refractivity contribution is 0.415. The Bertz CT molecular complexity index is 452. The molecule has 5 heteroatoms. The van der Waals surface area contributed by atoms with Gasteiger partial charge in [0, 0.05) is 22.6 Å². The molecule has 0 aliphatic carbocycles. The fourth-order valence-electron chi connectivity index (χ4n) is 1.46. The van der Waals surface area contributed by atoms with Gasteiger partial charge in [-0.3, -0.25) is 0 Å². The number of nitrogens with one attached hydrogen (secondary N) is 1. The van der Waals surface area contributed by atoms with E-state index >= 15 is 0 Å². The van der Waals surface area contributed by atoms with Crippen LogP contribution in [-0.2, 0) is 0 Å². The number of fused-ring (bicyclic) bond motifs is 1. The summed E-state index contributed by atoms with van der Waals surface area (Å²) in [5.74, 6) is 0.694. The molecule has 2 aromatic rings. The molecule has 1 aromatic heterocycles. The number of hydrogen-bond donors (Lipinski definition) is 3. The predicted molar refractivity (Wildman–Crippen MR) is 54.7 cm³/mol. The summed E-state index contributed by atoms with van der Waals surface area (Å²) in [4.78, 5) is 2.95. The second-order valence-corrected chi connectivity index (χ2v) is 3.03. The van der Waals surface area contributed by atoms with Gasteiger partial charge in [0.2, 0.25) is 0 Å². The fourth-order valence-corrected chi connectivity index (χ4v) is 1.46. The lowest BCUT2D eigenvalue weighted by Crippen LogP contribution is -2.28. The van der Waals surface area contributed by atoms with E-state index in [9.17, 15) is 0 Å². The van der Waals surface area contributed by atoms with Crippen molar-refractivity contribution in [2.75, 3.05) is 7.11 Å². The summed E-state index contributed by atoms with van der Waals surface area (Å²) in [7, 11) is 0.110. The molecular formula is C9H10BNO3. The third kappa shape index (κ3) is 1.36. The number of hydrogen-bond acceptors (Lipinski definition) is 3. The van der Waals surface area contributed by atoms with Crippen LogP contribution in [0.2, 0.25) is 0 Å². The molecular weight excluding hydrogens is 181 g/mol. The Hall–Kier alpha value is -1.46. The minimum Gasteiger partial charge on any atom is -0.497 e. The van der Waals surface area contributed by atoms with E-state index in [1.807, 2.05) is 12.1 Å². The number of aromatic nitrogens is 1. The summed E-state index contributed by atoms with van der Waals surface area (Å²) in [6.45, 7) is 0. The van der Waals surface area contributed by atoms with Crippen LogP contribution in [0.25, 0.3) is 10.9 Å². The monoisotopic (exact) mass is 191 g/mol. The molecule has 0 unspecified atom stereocenters. The van der Waals surface area contributed by atoms with Gasteiger partial charge in [0.25, 0.3) is 0 Å². The van der Waals surface area contributed by atoms with Crippen LogP contribution in [-0.4, -0.2) is 29.3 Å². The summed E-state index contributed by atoms with van der Waals surface area (Å²) in [6.07, 6.45) is 1.58. The van der Waals surface area contributed by atoms with Crippen LogP contribution in [0.3, 0.4) is 0 Å². The maximum atomic E-state index is 9.07. The highest BCUT2D eigenvalue weighted by atomic mass is 16.5. The van der Waals surface area contributed by atoms with Gasteiger partial charge in [0.15, 0.2) is 0 Å². The van der Waals surface area contributed by atoms with Gasteiger partial charge in [-0.15, -0.1) is 0 Å². The molecule has 0 spiro atoms. The standard InChI is InChI=1S/C9H10BNO3/c1-14-6-2-3-9-7(4-6)8(5-11-9)10(12)13/h2-5,11-13H,1H3. The van der Waals surface area contributed by atoms with Crippen LogP contribution in [0, 0.1) is 0 Å². The van der Waals surface area contributed by atoms with Crippen molar-refractivity contribution in [1.82, 2.24) is 4.98 Å². The maximum Gasteiger partial charge on any atom is 0.490 e. The molecule has 72 valence electrons. The molecule has 2 rings (SSSR count). The first-order valence-electron chi connectivity index (χ1n) is 4.23. The Labute approximate surface area is 81.3 Å². The quantitative estimate of drug-likeness (QED) is 0.578. The lowest BCUT2D eigenvalue weighted by atomic mass is 9.80. The van der Waals surface area contributed by atoms with Crippen molar-refractivity contribution in [3.63, 3.8) is 0 Å².